The summed E-state index contributed by atoms with van der Waals surface area (Å²) in [4.78, 5) is 25.0. The van der Waals surface area contributed by atoms with Crippen LogP contribution >= 0.6 is 0 Å². The number of phenolic OH excluding ortho intramolecular Hbond substituents is 1. The van der Waals surface area contributed by atoms with Gasteiger partial charge in [0.15, 0.2) is 0 Å². The van der Waals surface area contributed by atoms with Gasteiger partial charge in [-0.2, -0.15) is 0 Å². The van der Waals surface area contributed by atoms with Crippen LogP contribution in [0.5, 0.6) is 5.75 Å². The molecule has 0 radical (unpaired) electrons. The number of carboxylic acids is 1. The first-order valence-corrected chi connectivity index (χ1v) is 13.7. The number of nitrogens with one attached hydrogen (secondary N) is 1. The Kier molecular flexibility index (Phi) is 9.57. The number of carboxylic acid groups (broad SMARTS) is 1. The SMILES string of the molecule is CC(C)c1c(C(=O)Nc2ccccc2O)c(-c2ccccc2)c(-c2ccc(F)cc2)n1CCCC[C@@H](O)CC(=O)O. The summed E-state index contributed by atoms with van der Waals surface area (Å²) < 4.78 is 16.1. The van der Waals surface area contributed by atoms with Gasteiger partial charge in [-0.3, -0.25) is 9.59 Å². The van der Waals surface area contributed by atoms with Crippen LogP contribution in [0.3, 0.4) is 0 Å². The maximum Gasteiger partial charge on any atom is 0.305 e. The standard InChI is InChI=1S/C33H35FN2O5/c1-21(2)31-30(33(41)35-26-13-6-7-14-27(26)38)29(22-10-4-3-5-11-22)32(23-15-17-24(34)18-16-23)36(31)19-9-8-12-25(37)20-28(39)40/h3-7,10-11,13-18,21,25,37-38H,8-9,12,19-20H2,1-2H3,(H,35,41)(H,39,40)/t25-/m1/s1. The average molecular weight is 559 g/mol. The quantitative estimate of drug-likeness (QED) is 0.110. The van der Waals surface area contributed by atoms with E-state index in [1.165, 1.54) is 18.2 Å². The molecule has 4 rings (SSSR count). The van der Waals surface area contributed by atoms with Crippen molar-refractivity contribution in [3.05, 3.63) is 95.9 Å². The van der Waals surface area contributed by atoms with Crippen LogP contribution in [0, 0.1) is 5.82 Å². The van der Waals surface area contributed by atoms with Crippen LogP contribution in [0.4, 0.5) is 10.1 Å². The number of nitrogens with zero attached hydrogens (tertiary/aromatic N) is 1. The summed E-state index contributed by atoms with van der Waals surface area (Å²) in [5, 5.41) is 32.3. The fraction of sp³-hybridized carbons (Fsp3) is 0.273. The summed E-state index contributed by atoms with van der Waals surface area (Å²) in [6.07, 6.45) is 0.290. The van der Waals surface area contributed by atoms with Crippen LogP contribution in [-0.2, 0) is 11.3 Å². The van der Waals surface area contributed by atoms with Gasteiger partial charge in [-0.05, 0) is 72.7 Å². The van der Waals surface area contributed by atoms with E-state index in [1.54, 1.807) is 30.3 Å². The number of phenols is 1. The number of anilines is 1. The summed E-state index contributed by atoms with van der Waals surface area (Å²) in [6, 6.07) is 22.2. The molecule has 0 saturated heterocycles. The van der Waals surface area contributed by atoms with E-state index < -0.39 is 12.1 Å². The van der Waals surface area contributed by atoms with Gasteiger partial charge in [0.25, 0.3) is 5.91 Å². The lowest BCUT2D eigenvalue weighted by molar-refractivity contribution is -0.139. The molecule has 0 spiro atoms. The van der Waals surface area contributed by atoms with E-state index in [-0.39, 0.29) is 35.5 Å². The van der Waals surface area contributed by atoms with Crippen LogP contribution in [0.25, 0.3) is 22.4 Å². The zero-order valence-corrected chi connectivity index (χ0v) is 23.2. The van der Waals surface area contributed by atoms with Gasteiger partial charge in [0.2, 0.25) is 0 Å². The number of hydrogen-bond donors (Lipinski definition) is 4. The Morgan fingerprint density at radius 3 is 2.20 bits per heavy atom. The van der Waals surface area contributed by atoms with Crippen molar-refractivity contribution in [1.29, 1.82) is 0 Å². The molecule has 8 heteroatoms. The van der Waals surface area contributed by atoms with Crippen molar-refractivity contribution in [3.63, 3.8) is 0 Å². The fourth-order valence-electron chi connectivity index (χ4n) is 5.21. The number of hydrogen-bond acceptors (Lipinski definition) is 4. The largest absolute Gasteiger partial charge is 0.506 e. The molecule has 41 heavy (non-hydrogen) atoms. The number of halogens is 1. The zero-order valence-electron chi connectivity index (χ0n) is 23.2. The number of aliphatic hydroxyl groups excluding tert-OH is 1. The summed E-state index contributed by atoms with van der Waals surface area (Å²) in [7, 11) is 0. The molecule has 0 fully saturated rings. The second kappa shape index (κ2) is 13.3. The number of aliphatic hydroxyl groups is 1. The van der Waals surface area contributed by atoms with E-state index in [0.717, 1.165) is 22.5 Å². The third-order valence-corrected chi connectivity index (χ3v) is 6.99. The van der Waals surface area contributed by atoms with E-state index in [9.17, 15) is 24.2 Å². The topological polar surface area (TPSA) is 112 Å². The molecule has 3 aromatic carbocycles. The highest BCUT2D eigenvalue weighted by Crippen LogP contribution is 2.43. The maximum atomic E-state index is 14.1. The van der Waals surface area contributed by atoms with Crippen molar-refractivity contribution in [2.24, 2.45) is 0 Å². The summed E-state index contributed by atoms with van der Waals surface area (Å²) in [5.41, 5.74) is 4.52. The normalized spacial score (nSPS) is 11.9. The number of carbonyl (C=O) groups is 2. The predicted molar refractivity (Wildman–Crippen MR) is 158 cm³/mol. The van der Waals surface area contributed by atoms with Gasteiger partial charge in [0, 0.05) is 17.8 Å². The predicted octanol–water partition coefficient (Wildman–Crippen LogP) is 7.05. The Hall–Kier alpha value is -4.43. The van der Waals surface area contributed by atoms with Crippen molar-refractivity contribution in [2.75, 3.05) is 5.32 Å². The first-order valence-electron chi connectivity index (χ1n) is 13.7. The first kappa shape index (κ1) is 29.6. The number of carbonyl (C=O) groups excluding carboxylic acids is 1. The highest BCUT2D eigenvalue weighted by molar-refractivity contribution is 6.13. The zero-order chi connectivity index (χ0) is 29.5. The molecule has 0 bridgehead atoms. The number of amides is 1. The van der Waals surface area contributed by atoms with Gasteiger partial charge in [-0.1, -0.05) is 56.3 Å². The van der Waals surface area contributed by atoms with Crippen molar-refractivity contribution in [3.8, 4) is 28.1 Å². The Morgan fingerprint density at radius 1 is 0.902 bits per heavy atom. The van der Waals surface area contributed by atoms with E-state index in [1.807, 2.05) is 44.2 Å². The third-order valence-electron chi connectivity index (χ3n) is 6.99. The molecule has 4 aromatic rings. The summed E-state index contributed by atoms with van der Waals surface area (Å²) >= 11 is 0. The van der Waals surface area contributed by atoms with Crippen molar-refractivity contribution >= 4 is 17.6 Å². The second-order valence-corrected chi connectivity index (χ2v) is 10.4. The van der Waals surface area contributed by atoms with E-state index in [4.69, 9.17) is 5.11 Å². The molecule has 0 saturated carbocycles. The molecule has 0 aliphatic carbocycles. The molecule has 7 nitrogen and oxygen atoms in total. The van der Waals surface area contributed by atoms with Crippen molar-refractivity contribution < 1.29 is 29.3 Å². The summed E-state index contributed by atoms with van der Waals surface area (Å²) in [6.45, 7) is 4.49. The van der Waals surface area contributed by atoms with E-state index >= 15 is 0 Å². The molecular weight excluding hydrogens is 523 g/mol. The lowest BCUT2D eigenvalue weighted by atomic mass is 9.94. The molecule has 214 valence electrons. The van der Waals surface area contributed by atoms with Crippen LogP contribution in [0.2, 0.25) is 0 Å². The van der Waals surface area contributed by atoms with Crippen LogP contribution < -0.4 is 5.32 Å². The number of rotatable bonds is 12. The van der Waals surface area contributed by atoms with Gasteiger partial charge >= 0.3 is 5.97 Å². The molecule has 0 unspecified atom stereocenters. The smallest absolute Gasteiger partial charge is 0.305 e. The molecular formula is C33H35FN2O5. The van der Waals surface area contributed by atoms with E-state index in [2.05, 4.69) is 9.88 Å². The third kappa shape index (κ3) is 7.02. The van der Waals surface area contributed by atoms with Gasteiger partial charge in [-0.25, -0.2) is 4.39 Å². The van der Waals surface area contributed by atoms with E-state index in [0.29, 0.717) is 36.9 Å². The van der Waals surface area contributed by atoms with Crippen molar-refractivity contribution in [1.82, 2.24) is 4.57 Å². The van der Waals surface area contributed by atoms with Crippen molar-refractivity contribution in [2.45, 2.75) is 58.1 Å². The summed E-state index contributed by atoms with van der Waals surface area (Å²) in [5.74, 6) is -1.94. The van der Waals surface area contributed by atoms with Gasteiger partial charge in [0.1, 0.15) is 11.6 Å². The Balaban J connectivity index is 1.88. The minimum Gasteiger partial charge on any atom is -0.506 e. The lowest BCUT2D eigenvalue weighted by Crippen LogP contribution is -2.17. The fourth-order valence-corrected chi connectivity index (χ4v) is 5.21. The lowest BCUT2D eigenvalue weighted by Gasteiger charge is -2.18. The maximum absolute atomic E-state index is 14.1. The number of aliphatic carboxylic acids is 1. The number of para-hydroxylation sites is 2. The Labute approximate surface area is 238 Å². The number of aromatic hydroxyl groups is 1. The minimum atomic E-state index is -1.05. The minimum absolute atomic E-state index is 0.0497. The molecule has 1 atom stereocenters. The molecule has 1 heterocycles. The van der Waals surface area contributed by atoms with Gasteiger partial charge in [-0.15, -0.1) is 0 Å². The van der Waals surface area contributed by atoms with Crippen LogP contribution in [0.15, 0.2) is 78.9 Å². The molecule has 1 aromatic heterocycles. The number of unbranched alkanes of at least 4 members (excludes halogenated alkanes) is 1. The van der Waals surface area contributed by atoms with Gasteiger partial charge < -0.3 is 25.2 Å². The Bertz CT molecular complexity index is 1500. The highest BCUT2D eigenvalue weighted by Gasteiger charge is 2.30. The monoisotopic (exact) mass is 558 g/mol. The van der Waals surface area contributed by atoms with Gasteiger partial charge in [0.05, 0.1) is 29.5 Å². The van der Waals surface area contributed by atoms with Crippen LogP contribution in [0.1, 0.15) is 61.5 Å². The molecule has 4 N–H and O–H groups in total. The second-order valence-electron chi connectivity index (χ2n) is 10.4. The van der Waals surface area contributed by atoms with Crippen LogP contribution in [-0.4, -0.2) is 37.9 Å². The molecule has 0 aliphatic rings. The number of benzene rings is 3. The molecule has 0 aliphatic heterocycles. The highest BCUT2D eigenvalue weighted by atomic mass is 19.1. The molecule has 1 amide bonds. The average Bonchev–Trinajstić information content (AvgIpc) is 3.28. The Morgan fingerprint density at radius 2 is 1.56 bits per heavy atom. The first-order chi connectivity index (χ1) is 19.7. The number of aromatic nitrogens is 1.